The van der Waals surface area contributed by atoms with Crippen LogP contribution in [0.25, 0.3) is 0 Å². The Morgan fingerprint density at radius 2 is 2.10 bits per heavy atom. The molecule has 20 heavy (non-hydrogen) atoms. The van der Waals surface area contributed by atoms with Crippen LogP contribution >= 0.6 is 11.6 Å². The van der Waals surface area contributed by atoms with Crippen molar-refractivity contribution in [1.82, 2.24) is 5.32 Å². The zero-order valence-corrected chi connectivity index (χ0v) is 10.8. The minimum Gasteiger partial charge on any atom is -0.355 e. The highest BCUT2D eigenvalue weighted by atomic mass is 35.5. The third-order valence-corrected chi connectivity index (χ3v) is 3.13. The molecule has 1 saturated heterocycles. The predicted octanol–water partition coefficient (Wildman–Crippen LogP) is 2.43. The average Bonchev–Trinajstić information content (AvgIpc) is 2.77. The molecule has 1 heterocycles. The van der Waals surface area contributed by atoms with Crippen molar-refractivity contribution in [2.45, 2.75) is 12.6 Å². The second-order valence-electron chi connectivity index (χ2n) is 4.38. The van der Waals surface area contributed by atoms with Crippen LogP contribution in [0.2, 0.25) is 5.02 Å². The van der Waals surface area contributed by atoms with Gasteiger partial charge in [-0.2, -0.15) is 13.2 Å². The summed E-state index contributed by atoms with van der Waals surface area (Å²) in [7, 11) is 0. The van der Waals surface area contributed by atoms with Crippen molar-refractivity contribution >= 4 is 29.1 Å². The Bertz CT molecular complexity index is 560. The molecule has 0 spiro atoms. The number of nitrogens with one attached hydrogen (secondary N) is 2. The van der Waals surface area contributed by atoms with Gasteiger partial charge in [-0.05, 0) is 18.2 Å². The summed E-state index contributed by atoms with van der Waals surface area (Å²) in [5.41, 5.74) is -1.39. The van der Waals surface area contributed by atoms with Crippen molar-refractivity contribution in [3.05, 3.63) is 28.8 Å². The molecule has 1 unspecified atom stereocenters. The second-order valence-corrected chi connectivity index (χ2v) is 4.82. The maximum atomic E-state index is 12.8. The number of alkyl halides is 3. The molecule has 1 aromatic carbocycles. The molecule has 0 radical (unpaired) electrons. The molecule has 0 aromatic heterocycles. The van der Waals surface area contributed by atoms with E-state index >= 15 is 0 Å². The lowest BCUT2D eigenvalue weighted by Gasteiger charge is -2.15. The van der Waals surface area contributed by atoms with Gasteiger partial charge in [0.25, 0.3) is 0 Å². The molecule has 0 aliphatic carbocycles. The quantitative estimate of drug-likeness (QED) is 0.881. The van der Waals surface area contributed by atoms with Crippen molar-refractivity contribution in [2.24, 2.45) is 5.92 Å². The molecule has 1 aliphatic heterocycles. The molecule has 2 amide bonds. The SMILES string of the molecule is O=C1CC(C(=O)Nc2ccc(Cl)cc2C(F)(F)F)CN1. The third-order valence-electron chi connectivity index (χ3n) is 2.89. The van der Waals surface area contributed by atoms with Gasteiger partial charge in [0.05, 0.1) is 17.2 Å². The highest BCUT2D eigenvalue weighted by molar-refractivity contribution is 6.30. The molecule has 1 aromatic rings. The highest BCUT2D eigenvalue weighted by Gasteiger charge is 2.35. The molecule has 0 saturated carbocycles. The van der Waals surface area contributed by atoms with Gasteiger partial charge in [-0.1, -0.05) is 11.6 Å². The lowest BCUT2D eigenvalue weighted by Crippen LogP contribution is -2.26. The predicted molar refractivity (Wildman–Crippen MR) is 66.2 cm³/mol. The van der Waals surface area contributed by atoms with E-state index in [1.807, 2.05) is 0 Å². The van der Waals surface area contributed by atoms with Crippen LogP contribution in [0.4, 0.5) is 18.9 Å². The van der Waals surface area contributed by atoms with Gasteiger partial charge in [0.15, 0.2) is 0 Å². The van der Waals surface area contributed by atoms with Crippen molar-refractivity contribution in [2.75, 3.05) is 11.9 Å². The van der Waals surface area contributed by atoms with E-state index in [-0.39, 0.29) is 29.6 Å². The van der Waals surface area contributed by atoms with E-state index in [1.165, 1.54) is 6.07 Å². The Morgan fingerprint density at radius 1 is 1.40 bits per heavy atom. The summed E-state index contributed by atoms with van der Waals surface area (Å²) in [6, 6.07) is 3.09. The summed E-state index contributed by atoms with van der Waals surface area (Å²) in [6.07, 6.45) is -4.65. The minimum atomic E-state index is -4.63. The van der Waals surface area contributed by atoms with Gasteiger partial charge >= 0.3 is 6.18 Å². The normalized spacial score (nSPS) is 18.8. The number of hydrogen-bond donors (Lipinski definition) is 2. The first-order valence-corrected chi connectivity index (χ1v) is 6.09. The van der Waals surface area contributed by atoms with Crippen LogP contribution < -0.4 is 10.6 Å². The van der Waals surface area contributed by atoms with Crippen LogP contribution in [0.5, 0.6) is 0 Å². The molecule has 108 valence electrons. The van der Waals surface area contributed by atoms with Gasteiger partial charge in [-0.15, -0.1) is 0 Å². The zero-order valence-electron chi connectivity index (χ0n) is 10.1. The Balaban J connectivity index is 2.21. The van der Waals surface area contributed by atoms with Crippen molar-refractivity contribution in [3.63, 3.8) is 0 Å². The molecule has 1 aliphatic rings. The minimum absolute atomic E-state index is 0.0270. The molecular weight excluding hydrogens is 297 g/mol. The summed E-state index contributed by atoms with van der Waals surface area (Å²) in [6.45, 7) is 0.125. The van der Waals surface area contributed by atoms with E-state index in [0.717, 1.165) is 12.1 Å². The number of benzene rings is 1. The topological polar surface area (TPSA) is 58.2 Å². The maximum Gasteiger partial charge on any atom is 0.418 e. The first-order chi connectivity index (χ1) is 9.27. The van der Waals surface area contributed by atoms with E-state index < -0.39 is 23.6 Å². The van der Waals surface area contributed by atoms with Crippen LogP contribution in [0, 0.1) is 5.92 Å². The second kappa shape index (κ2) is 5.32. The van der Waals surface area contributed by atoms with E-state index in [9.17, 15) is 22.8 Å². The monoisotopic (exact) mass is 306 g/mol. The van der Waals surface area contributed by atoms with Gasteiger partial charge < -0.3 is 10.6 Å². The summed E-state index contributed by atoms with van der Waals surface area (Å²) < 4.78 is 38.5. The summed E-state index contributed by atoms with van der Waals surface area (Å²) in [5.74, 6) is -1.59. The largest absolute Gasteiger partial charge is 0.418 e. The fraction of sp³-hybridized carbons (Fsp3) is 0.333. The number of hydrogen-bond acceptors (Lipinski definition) is 2. The summed E-state index contributed by atoms with van der Waals surface area (Å²) in [4.78, 5) is 22.8. The average molecular weight is 307 g/mol. The van der Waals surface area contributed by atoms with Crippen molar-refractivity contribution in [1.29, 1.82) is 0 Å². The van der Waals surface area contributed by atoms with Crippen molar-refractivity contribution in [3.8, 4) is 0 Å². The highest BCUT2D eigenvalue weighted by Crippen LogP contribution is 2.36. The first kappa shape index (κ1) is 14.6. The standard InChI is InChI=1S/C12H10ClF3N2O2/c13-7-1-2-9(8(4-7)12(14,15)16)18-11(20)6-3-10(19)17-5-6/h1-2,4,6H,3,5H2,(H,17,19)(H,18,20). The number of carbonyl (C=O) groups excluding carboxylic acids is 2. The first-order valence-electron chi connectivity index (χ1n) is 5.71. The zero-order chi connectivity index (χ0) is 14.9. The van der Waals surface area contributed by atoms with Gasteiger partial charge in [-0.3, -0.25) is 9.59 Å². The molecule has 4 nitrogen and oxygen atoms in total. The fourth-order valence-electron chi connectivity index (χ4n) is 1.89. The number of rotatable bonds is 2. The van der Waals surface area contributed by atoms with Gasteiger partial charge in [0.2, 0.25) is 11.8 Å². The Labute approximate surface area is 117 Å². The number of carbonyl (C=O) groups is 2. The van der Waals surface area contributed by atoms with Crippen LogP contribution in [-0.4, -0.2) is 18.4 Å². The Hall–Kier alpha value is -1.76. The van der Waals surface area contributed by atoms with Gasteiger partial charge in [-0.25, -0.2) is 0 Å². The van der Waals surface area contributed by atoms with E-state index in [0.29, 0.717) is 0 Å². The molecule has 8 heteroatoms. The number of halogens is 4. The summed E-state index contributed by atoms with van der Waals surface area (Å²) >= 11 is 5.54. The van der Waals surface area contributed by atoms with Gasteiger partial charge in [0, 0.05) is 18.0 Å². The Morgan fingerprint density at radius 3 is 2.65 bits per heavy atom. The lowest BCUT2D eigenvalue weighted by atomic mass is 10.1. The van der Waals surface area contributed by atoms with E-state index in [4.69, 9.17) is 11.6 Å². The van der Waals surface area contributed by atoms with Gasteiger partial charge in [0.1, 0.15) is 0 Å². The van der Waals surface area contributed by atoms with E-state index in [1.54, 1.807) is 0 Å². The number of amides is 2. The molecule has 1 fully saturated rings. The lowest BCUT2D eigenvalue weighted by molar-refractivity contribution is -0.137. The van der Waals surface area contributed by atoms with Crippen LogP contribution in [0.3, 0.4) is 0 Å². The molecule has 2 N–H and O–H groups in total. The molecule has 0 bridgehead atoms. The fourth-order valence-corrected chi connectivity index (χ4v) is 2.06. The van der Waals surface area contributed by atoms with Crippen LogP contribution in [0.15, 0.2) is 18.2 Å². The van der Waals surface area contributed by atoms with Crippen LogP contribution in [0.1, 0.15) is 12.0 Å². The summed E-state index contributed by atoms with van der Waals surface area (Å²) in [5, 5.41) is 4.57. The van der Waals surface area contributed by atoms with Crippen LogP contribution in [-0.2, 0) is 15.8 Å². The Kier molecular flexibility index (Phi) is 3.89. The molecular formula is C12H10ClF3N2O2. The number of anilines is 1. The van der Waals surface area contributed by atoms with E-state index in [2.05, 4.69) is 10.6 Å². The molecule has 1 atom stereocenters. The third kappa shape index (κ3) is 3.22. The molecule has 2 rings (SSSR count). The van der Waals surface area contributed by atoms with Crippen molar-refractivity contribution < 1.29 is 22.8 Å². The smallest absolute Gasteiger partial charge is 0.355 e. The maximum absolute atomic E-state index is 12.8.